The number of nitrogens with zero attached hydrogens (tertiary/aromatic N) is 3. The lowest BCUT2D eigenvalue weighted by molar-refractivity contribution is 0.594. The summed E-state index contributed by atoms with van der Waals surface area (Å²) in [7, 11) is -2.23. The van der Waals surface area contributed by atoms with Gasteiger partial charge in [0.1, 0.15) is 4.90 Å². The van der Waals surface area contributed by atoms with Gasteiger partial charge in [0.15, 0.2) is 5.82 Å². The van der Waals surface area contributed by atoms with Crippen molar-refractivity contribution in [2.24, 2.45) is 0 Å². The molecule has 1 aromatic carbocycles. The van der Waals surface area contributed by atoms with Crippen molar-refractivity contribution in [2.45, 2.75) is 17.1 Å². The second-order valence-electron chi connectivity index (χ2n) is 6.17. The number of benzene rings is 1. The van der Waals surface area contributed by atoms with E-state index in [0.717, 1.165) is 23.4 Å². The van der Waals surface area contributed by atoms with Crippen molar-refractivity contribution >= 4 is 27.5 Å². The first kappa shape index (κ1) is 17.9. The number of aryl methyl sites for hydroxylation is 1. The first-order chi connectivity index (χ1) is 13.0. The standard InChI is InChI=1S/C18H18N4O3S2/c1-21(13-5-3-2-4-6-13)27(24,25)14-7-8-17(19-11-14)22-18(23)15-12-26-10-9-16(15)20-22/h2-8,11,20H,9-10,12H2,1H3. The van der Waals surface area contributed by atoms with Gasteiger partial charge in [0.25, 0.3) is 15.6 Å². The quantitative estimate of drug-likeness (QED) is 0.723. The predicted octanol–water partition coefficient (Wildman–Crippen LogP) is 2.17. The van der Waals surface area contributed by atoms with E-state index in [1.165, 1.54) is 28.3 Å². The van der Waals surface area contributed by atoms with Crippen LogP contribution in [0.3, 0.4) is 0 Å². The second kappa shape index (κ2) is 6.90. The van der Waals surface area contributed by atoms with Gasteiger partial charge in [-0.25, -0.2) is 18.1 Å². The third kappa shape index (κ3) is 3.17. The van der Waals surface area contributed by atoms with Crippen LogP contribution in [0.4, 0.5) is 5.69 Å². The monoisotopic (exact) mass is 402 g/mol. The van der Waals surface area contributed by atoms with E-state index in [9.17, 15) is 13.2 Å². The Kier molecular flexibility index (Phi) is 4.56. The molecule has 0 saturated heterocycles. The summed E-state index contributed by atoms with van der Waals surface area (Å²) in [5.41, 5.74) is 2.14. The first-order valence-electron chi connectivity index (χ1n) is 8.39. The van der Waals surface area contributed by atoms with Gasteiger partial charge >= 0.3 is 0 Å². The molecule has 9 heteroatoms. The average molecular weight is 403 g/mol. The molecule has 0 fully saturated rings. The molecular formula is C18H18N4O3S2. The van der Waals surface area contributed by atoms with Gasteiger partial charge in [-0.05, 0) is 36.4 Å². The van der Waals surface area contributed by atoms with E-state index in [2.05, 4.69) is 10.1 Å². The molecule has 140 valence electrons. The van der Waals surface area contributed by atoms with Gasteiger partial charge in [-0.1, -0.05) is 18.2 Å². The summed E-state index contributed by atoms with van der Waals surface area (Å²) >= 11 is 1.73. The van der Waals surface area contributed by atoms with E-state index in [1.54, 1.807) is 42.1 Å². The van der Waals surface area contributed by atoms with Gasteiger partial charge < -0.3 is 0 Å². The third-order valence-corrected chi connectivity index (χ3v) is 7.30. The van der Waals surface area contributed by atoms with Gasteiger partial charge in [0.05, 0.1) is 11.3 Å². The molecule has 7 nitrogen and oxygen atoms in total. The molecule has 27 heavy (non-hydrogen) atoms. The molecule has 4 rings (SSSR count). The maximum Gasteiger partial charge on any atom is 0.276 e. The molecule has 3 aromatic rings. The molecule has 0 bridgehead atoms. The average Bonchev–Trinajstić information content (AvgIpc) is 3.05. The fourth-order valence-electron chi connectivity index (χ4n) is 2.97. The van der Waals surface area contributed by atoms with Crippen molar-refractivity contribution in [2.75, 3.05) is 17.1 Å². The zero-order valence-corrected chi connectivity index (χ0v) is 16.3. The number of aromatic nitrogens is 3. The number of pyridine rings is 1. The number of para-hydroxylation sites is 1. The fraction of sp³-hybridized carbons (Fsp3) is 0.222. The van der Waals surface area contributed by atoms with Gasteiger partial charge in [-0.15, -0.1) is 0 Å². The van der Waals surface area contributed by atoms with Crippen molar-refractivity contribution in [1.29, 1.82) is 0 Å². The second-order valence-corrected chi connectivity index (χ2v) is 9.25. The van der Waals surface area contributed by atoms with E-state index in [0.29, 0.717) is 17.3 Å². The van der Waals surface area contributed by atoms with Gasteiger partial charge in [0, 0.05) is 24.7 Å². The molecule has 0 radical (unpaired) electrons. The van der Waals surface area contributed by atoms with E-state index >= 15 is 0 Å². The lowest BCUT2D eigenvalue weighted by Gasteiger charge is -2.19. The highest BCUT2D eigenvalue weighted by atomic mass is 32.2. The lowest BCUT2D eigenvalue weighted by atomic mass is 10.2. The Hall–Kier alpha value is -2.52. The molecule has 0 atom stereocenters. The van der Waals surface area contributed by atoms with Crippen molar-refractivity contribution in [3.8, 4) is 5.82 Å². The van der Waals surface area contributed by atoms with Crippen molar-refractivity contribution < 1.29 is 8.42 Å². The van der Waals surface area contributed by atoms with Crippen LogP contribution in [0.25, 0.3) is 5.82 Å². The molecule has 1 N–H and O–H groups in total. The minimum atomic E-state index is -3.73. The number of H-pyrrole nitrogens is 1. The molecule has 0 unspecified atom stereocenters. The van der Waals surface area contributed by atoms with Crippen molar-refractivity contribution in [1.82, 2.24) is 14.8 Å². The highest BCUT2D eigenvalue weighted by Crippen LogP contribution is 2.23. The molecule has 0 aliphatic carbocycles. The largest absolute Gasteiger partial charge is 0.293 e. The van der Waals surface area contributed by atoms with Crippen LogP contribution in [0.1, 0.15) is 11.3 Å². The number of fused-ring (bicyclic) bond motifs is 1. The number of nitrogens with one attached hydrogen (secondary N) is 1. The van der Waals surface area contributed by atoms with Crippen LogP contribution >= 0.6 is 11.8 Å². The SMILES string of the molecule is CN(c1ccccc1)S(=O)(=O)c1ccc(-n2[nH]c3c(c2=O)CSCC3)nc1. The summed E-state index contributed by atoms with van der Waals surface area (Å²) in [4.78, 5) is 16.8. The highest BCUT2D eigenvalue weighted by molar-refractivity contribution is 7.98. The normalized spacial score (nSPS) is 14.0. The molecule has 0 spiro atoms. The summed E-state index contributed by atoms with van der Waals surface area (Å²) in [5, 5.41) is 3.09. The Balaban J connectivity index is 1.67. The van der Waals surface area contributed by atoms with Crippen LogP contribution in [0.2, 0.25) is 0 Å². The minimum Gasteiger partial charge on any atom is -0.293 e. The number of sulfonamides is 1. The van der Waals surface area contributed by atoms with Gasteiger partial charge in [-0.3, -0.25) is 14.2 Å². The Morgan fingerprint density at radius 1 is 1.19 bits per heavy atom. The Labute approximate surface area is 161 Å². The summed E-state index contributed by atoms with van der Waals surface area (Å²) in [6, 6.07) is 11.8. The van der Waals surface area contributed by atoms with Crippen molar-refractivity contribution in [3.05, 3.63) is 70.3 Å². The Morgan fingerprint density at radius 3 is 2.63 bits per heavy atom. The minimum absolute atomic E-state index is 0.0672. The van der Waals surface area contributed by atoms with Crippen LogP contribution < -0.4 is 9.86 Å². The molecule has 1 aliphatic heterocycles. The zero-order chi connectivity index (χ0) is 19.0. The Bertz CT molecular complexity index is 1120. The van der Waals surface area contributed by atoms with Crippen molar-refractivity contribution in [3.63, 3.8) is 0 Å². The van der Waals surface area contributed by atoms with Gasteiger partial charge in [-0.2, -0.15) is 11.8 Å². The predicted molar refractivity (Wildman–Crippen MR) is 106 cm³/mol. The summed E-state index contributed by atoms with van der Waals surface area (Å²) in [6.07, 6.45) is 2.10. The number of rotatable bonds is 4. The van der Waals surface area contributed by atoms with E-state index < -0.39 is 10.0 Å². The molecule has 2 aromatic heterocycles. The summed E-state index contributed by atoms with van der Waals surface area (Å²) in [6.45, 7) is 0. The highest BCUT2D eigenvalue weighted by Gasteiger charge is 2.23. The number of hydrogen-bond donors (Lipinski definition) is 1. The van der Waals surface area contributed by atoms with Crippen LogP contribution in [0, 0.1) is 0 Å². The topological polar surface area (TPSA) is 88.1 Å². The van der Waals surface area contributed by atoms with Crippen LogP contribution in [-0.2, 0) is 22.2 Å². The fourth-order valence-corrected chi connectivity index (χ4v) is 5.11. The van der Waals surface area contributed by atoms with Crippen LogP contribution in [-0.4, -0.2) is 36.0 Å². The smallest absolute Gasteiger partial charge is 0.276 e. The maximum atomic E-state index is 12.8. The van der Waals surface area contributed by atoms with Gasteiger partial charge in [0.2, 0.25) is 0 Å². The van der Waals surface area contributed by atoms with Crippen LogP contribution in [0.15, 0.2) is 58.4 Å². The molecule has 3 heterocycles. The number of anilines is 1. The number of thioether (sulfide) groups is 1. The molecule has 0 saturated carbocycles. The number of hydrogen-bond acceptors (Lipinski definition) is 5. The van der Waals surface area contributed by atoms with E-state index in [4.69, 9.17) is 0 Å². The van der Waals surface area contributed by atoms with E-state index in [-0.39, 0.29) is 10.5 Å². The molecule has 1 aliphatic rings. The van der Waals surface area contributed by atoms with Crippen LogP contribution in [0.5, 0.6) is 0 Å². The summed E-state index contributed by atoms with van der Waals surface area (Å²) in [5.74, 6) is 2.04. The lowest BCUT2D eigenvalue weighted by Crippen LogP contribution is -2.26. The Morgan fingerprint density at radius 2 is 1.96 bits per heavy atom. The first-order valence-corrected chi connectivity index (χ1v) is 11.0. The third-order valence-electron chi connectivity index (χ3n) is 4.54. The zero-order valence-electron chi connectivity index (χ0n) is 14.6. The van der Waals surface area contributed by atoms with E-state index in [1.807, 2.05) is 6.07 Å². The summed E-state index contributed by atoms with van der Waals surface area (Å²) < 4.78 is 28.2. The molecule has 0 amide bonds. The number of aromatic amines is 1. The molecular weight excluding hydrogens is 384 g/mol. The maximum absolute atomic E-state index is 12.8.